The molecule has 1 amide bonds. The number of hydrogen-bond donors (Lipinski definition) is 1. The minimum atomic E-state index is -0.698. The van der Waals surface area contributed by atoms with Gasteiger partial charge in [-0.25, -0.2) is 0 Å². The molecular weight excluding hydrogens is 192 g/mol. The maximum Gasteiger partial charge on any atom is 0.233 e. The van der Waals surface area contributed by atoms with E-state index in [1.54, 1.807) is 19.1 Å². The average Bonchev–Trinajstić information content (AvgIpc) is 2.22. The minimum absolute atomic E-state index is 0.309. The summed E-state index contributed by atoms with van der Waals surface area (Å²) in [6.07, 6.45) is 0. The SMILES string of the molecule is Cc1ccc(NC(=O)[C@H](C)N=[N+]=[N-])cc1. The topological polar surface area (TPSA) is 77.9 Å². The van der Waals surface area contributed by atoms with E-state index < -0.39 is 6.04 Å². The molecule has 0 radical (unpaired) electrons. The van der Waals surface area contributed by atoms with Crippen LogP contribution in [-0.4, -0.2) is 11.9 Å². The molecule has 0 heterocycles. The zero-order chi connectivity index (χ0) is 11.3. The molecule has 0 aliphatic heterocycles. The maximum absolute atomic E-state index is 11.4. The third-order valence-electron chi connectivity index (χ3n) is 1.92. The Morgan fingerprint density at radius 2 is 2.07 bits per heavy atom. The van der Waals surface area contributed by atoms with Crippen LogP contribution in [0.2, 0.25) is 0 Å². The van der Waals surface area contributed by atoms with E-state index in [9.17, 15) is 4.79 Å². The van der Waals surface area contributed by atoms with Crippen LogP contribution in [0.5, 0.6) is 0 Å². The minimum Gasteiger partial charge on any atom is -0.326 e. The van der Waals surface area contributed by atoms with Gasteiger partial charge in [0.15, 0.2) is 0 Å². The van der Waals surface area contributed by atoms with Gasteiger partial charge >= 0.3 is 0 Å². The van der Waals surface area contributed by atoms with Crippen LogP contribution in [0.4, 0.5) is 5.69 Å². The number of nitrogens with zero attached hydrogens (tertiary/aromatic N) is 3. The van der Waals surface area contributed by atoms with Crippen molar-refractivity contribution in [1.29, 1.82) is 0 Å². The van der Waals surface area contributed by atoms with E-state index in [2.05, 4.69) is 15.3 Å². The number of anilines is 1. The standard InChI is InChI=1S/C10H12N4O/c1-7-3-5-9(6-4-7)12-10(15)8(2)13-14-11/h3-6,8H,1-2H3,(H,12,15)/t8-/m0/s1. The van der Waals surface area contributed by atoms with Crippen molar-refractivity contribution < 1.29 is 4.79 Å². The van der Waals surface area contributed by atoms with Gasteiger partial charge in [-0.05, 0) is 31.5 Å². The molecule has 1 rings (SSSR count). The summed E-state index contributed by atoms with van der Waals surface area (Å²) >= 11 is 0. The van der Waals surface area contributed by atoms with E-state index in [1.165, 1.54) is 0 Å². The van der Waals surface area contributed by atoms with Crippen LogP contribution < -0.4 is 5.32 Å². The summed E-state index contributed by atoms with van der Waals surface area (Å²) in [7, 11) is 0. The summed E-state index contributed by atoms with van der Waals surface area (Å²) in [6.45, 7) is 3.51. The van der Waals surface area contributed by atoms with Gasteiger partial charge in [-0.15, -0.1) is 0 Å². The molecule has 0 aliphatic carbocycles. The summed E-state index contributed by atoms with van der Waals surface area (Å²) in [5.74, 6) is -0.309. The van der Waals surface area contributed by atoms with Gasteiger partial charge in [0.2, 0.25) is 5.91 Å². The van der Waals surface area contributed by atoms with Crippen molar-refractivity contribution in [3.05, 3.63) is 40.3 Å². The zero-order valence-corrected chi connectivity index (χ0v) is 8.64. The molecule has 78 valence electrons. The highest BCUT2D eigenvalue weighted by Gasteiger charge is 2.09. The normalized spacial score (nSPS) is 11.3. The number of rotatable bonds is 3. The first-order chi connectivity index (χ1) is 7.13. The van der Waals surface area contributed by atoms with Crippen molar-refractivity contribution >= 4 is 11.6 Å². The van der Waals surface area contributed by atoms with Gasteiger partial charge in [0.1, 0.15) is 6.04 Å². The largest absolute Gasteiger partial charge is 0.326 e. The highest BCUT2D eigenvalue weighted by Crippen LogP contribution is 2.09. The summed E-state index contributed by atoms with van der Waals surface area (Å²) in [5, 5.41) is 5.96. The van der Waals surface area contributed by atoms with Crippen LogP contribution in [-0.2, 0) is 4.79 Å². The fourth-order valence-electron chi connectivity index (χ4n) is 1.01. The molecule has 5 nitrogen and oxygen atoms in total. The van der Waals surface area contributed by atoms with Gasteiger partial charge < -0.3 is 5.32 Å². The molecule has 0 fully saturated rings. The predicted octanol–water partition coefficient (Wildman–Crippen LogP) is 2.63. The molecule has 0 bridgehead atoms. The van der Waals surface area contributed by atoms with Crippen molar-refractivity contribution in [2.24, 2.45) is 5.11 Å². The van der Waals surface area contributed by atoms with Crippen LogP contribution >= 0.6 is 0 Å². The van der Waals surface area contributed by atoms with Gasteiger partial charge in [-0.3, -0.25) is 4.79 Å². The molecule has 0 unspecified atom stereocenters. The molecule has 1 N–H and O–H groups in total. The lowest BCUT2D eigenvalue weighted by Gasteiger charge is -2.07. The van der Waals surface area contributed by atoms with Crippen molar-refractivity contribution in [3.63, 3.8) is 0 Å². The highest BCUT2D eigenvalue weighted by atomic mass is 16.2. The van der Waals surface area contributed by atoms with E-state index in [0.717, 1.165) is 5.56 Å². The molecule has 5 heteroatoms. The van der Waals surface area contributed by atoms with Gasteiger partial charge in [0, 0.05) is 10.6 Å². The fourth-order valence-corrected chi connectivity index (χ4v) is 1.01. The number of azide groups is 1. The Balaban J connectivity index is 2.66. The Hall–Kier alpha value is -2.00. The van der Waals surface area contributed by atoms with Crippen LogP contribution in [0.15, 0.2) is 29.4 Å². The Kier molecular flexibility index (Phi) is 3.71. The molecule has 1 aromatic rings. The monoisotopic (exact) mass is 204 g/mol. The summed E-state index contributed by atoms with van der Waals surface area (Å²) in [6, 6.07) is 6.70. The van der Waals surface area contributed by atoms with E-state index in [4.69, 9.17) is 5.53 Å². The Morgan fingerprint density at radius 3 is 2.60 bits per heavy atom. The lowest BCUT2D eigenvalue weighted by atomic mass is 10.2. The second-order valence-electron chi connectivity index (χ2n) is 3.24. The van der Waals surface area contributed by atoms with Crippen LogP contribution in [0.3, 0.4) is 0 Å². The smallest absolute Gasteiger partial charge is 0.233 e. The molecule has 0 saturated heterocycles. The number of carbonyl (C=O) groups is 1. The molecular formula is C10H12N4O. The van der Waals surface area contributed by atoms with E-state index >= 15 is 0 Å². The second-order valence-corrected chi connectivity index (χ2v) is 3.24. The first kappa shape index (κ1) is 11.1. The molecule has 1 atom stereocenters. The van der Waals surface area contributed by atoms with Gasteiger partial charge in [0.25, 0.3) is 0 Å². The molecule has 0 aromatic heterocycles. The van der Waals surface area contributed by atoms with Gasteiger partial charge in [0.05, 0.1) is 0 Å². The number of amides is 1. The second kappa shape index (κ2) is 5.02. The third-order valence-corrected chi connectivity index (χ3v) is 1.92. The summed E-state index contributed by atoms with van der Waals surface area (Å²) < 4.78 is 0. The highest BCUT2D eigenvalue weighted by molar-refractivity contribution is 5.94. The number of nitrogens with one attached hydrogen (secondary N) is 1. The Labute approximate surface area is 87.7 Å². The molecule has 0 saturated carbocycles. The lowest BCUT2D eigenvalue weighted by molar-refractivity contribution is -0.117. The number of aryl methyl sites for hydroxylation is 1. The van der Waals surface area contributed by atoms with Crippen molar-refractivity contribution in [2.75, 3.05) is 5.32 Å². The van der Waals surface area contributed by atoms with Gasteiger partial charge in [-0.1, -0.05) is 22.8 Å². The number of hydrogen-bond acceptors (Lipinski definition) is 2. The maximum atomic E-state index is 11.4. The Morgan fingerprint density at radius 1 is 1.47 bits per heavy atom. The molecule has 1 aromatic carbocycles. The zero-order valence-electron chi connectivity index (χ0n) is 8.64. The number of carbonyl (C=O) groups excluding carboxylic acids is 1. The molecule has 15 heavy (non-hydrogen) atoms. The molecule has 0 spiro atoms. The van der Waals surface area contributed by atoms with Crippen molar-refractivity contribution in [3.8, 4) is 0 Å². The number of benzene rings is 1. The quantitative estimate of drug-likeness (QED) is 0.458. The fraction of sp³-hybridized carbons (Fsp3) is 0.300. The molecule has 0 aliphatic rings. The first-order valence-corrected chi connectivity index (χ1v) is 4.55. The van der Waals surface area contributed by atoms with E-state index in [-0.39, 0.29) is 5.91 Å². The van der Waals surface area contributed by atoms with Crippen LogP contribution in [0.25, 0.3) is 10.4 Å². The van der Waals surface area contributed by atoms with Crippen molar-refractivity contribution in [2.45, 2.75) is 19.9 Å². The summed E-state index contributed by atoms with van der Waals surface area (Å²) in [4.78, 5) is 14.0. The first-order valence-electron chi connectivity index (χ1n) is 4.55. The third kappa shape index (κ3) is 3.32. The Bertz CT molecular complexity index is 392. The van der Waals surface area contributed by atoms with E-state index in [0.29, 0.717) is 5.69 Å². The van der Waals surface area contributed by atoms with Crippen LogP contribution in [0, 0.1) is 6.92 Å². The van der Waals surface area contributed by atoms with E-state index in [1.807, 2.05) is 19.1 Å². The lowest BCUT2D eigenvalue weighted by Crippen LogP contribution is -2.22. The van der Waals surface area contributed by atoms with Crippen LogP contribution in [0.1, 0.15) is 12.5 Å². The summed E-state index contributed by atoms with van der Waals surface area (Å²) in [5.41, 5.74) is 9.99. The van der Waals surface area contributed by atoms with Crippen molar-refractivity contribution in [1.82, 2.24) is 0 Å². The van der Waals surface area contributed by atoms with Gasteiger partial charge in [-0.2, -0.15) is 0 Å². The predicted molar refractivity (Wildman–Crippen MR) is 58.4 cm³/mol. The average molecular weight is 204 g/mol.